The van der Waals surface area contributed by atoms with Gasteiger partial charge in [-0.1, -0.05) is 12.1 Å². The molecule has 0 bridgehead atoms. The van der Waals surface area contributed by atoms with Crippen molar-refractivity contribution in [2.24, 2.45) is 0 Å². The minimum absolute atomic E-state index is 0.0201. The van der Waals surface area contributed by atoms with Crippen LogP contribution in [0.3, 0.4) is 0 Å². The normalized spacial score (nSPS) is 17.1. The summed E-state index contributed by atoms with van der Waals surface area (Å²) >= 11 is 0. The van der Waals surface area contributed by atoms with E-state index in [1.54, 1.807) is 13.0 Å². The Hall–Kier alpha value is -3.34. The highest BCUT2D eigenvalue weighted by atomic mass is 16.6. The molecule has 2 rings (SSSR count). The zero-order chi connectivity index (χ0) is 17.9. The fourth-order valence-electron chi connectivity index (χ4n) is 2.46. The zero-order valence-corrected chi connectivity index (χ0v) is 13.0. The molecule has 124 valence electrons. The lowest BCUT2D eigenvalue weighted by molar-refractivity contribution is -0.384. The number of nitro groups is 1. The Labute approximate surface area is 137 Å². The molecule has 0 radical (unpaired) electrons. The van der Waals surface area contributed by atoms with Crippen LogP contribution in [0.5, 0.6) is 0 Å². The summed E-state index contributed by atoms with van der Waals surface area (Å²) in [4.78, 5) is 22.7. The third kappa shape index (κ3) is 3.05. The minimum Gasteiger partial charge on any atom is -0.480 e. The molecule has 0 spiro atoms. The summed E-state index contributed by atoms with van der Waals surface area (Å²) in [5.41, 5.74) is -0.0921. The predicted octanol–water partition coefficient (Wildman–Crippen LogP) is 2.84. The van der Waals surface area contributed by atoms with E-state index in [4.69, 9.17) is 9.47 Å². The molecule has 1 aliphatic rings. The average Bonchev–Trinajstić information content (AvgIpc) is 2.54. The molecule has 0 amide bonds. The first-order chi connectivity index (χ1) is 11.4. The fourth-order valence-corrected chi connectivity index (χ4v) is 2.46. The van der Waals surface area contributed by atoms with Gasteiger partial charge >= 0.3 is 5.97 Å². The largest absolute Gasteiger partial charge is 0.480 e. The molecule has 1 N–H and O–H groups in total. The van der Waals surface area contributed by atoms with Crippen LogP contribution in [0.15, 0.2) is 47.1 Å². The van der Waals surface area contributed by atoms with Gasteiger partial charge in [0, 0.05) is 12.1 Å². The zero-order valence-electron chi connectivity index (χ0n) is 13.0. The number of nitro benzene ring substituents is 1. The Balaban J connectivity index is 2.65. The first-order valence-electron chi connectivity index (χ1n) is 7.04. The summed E-state index contributed by atoms with van der Waals surface area (Å²) in [6, 6.07) is 7.29. The number of non-ortho nitro benzene ring substituents is 1. The van der Waals surface area contributed by atoms with E-state index in [9.17, 15) is 25.3 Å². The summed E-state index contributed by atoms with van der Waals surface area (Å²) in [6.07, 6.45) is 0. The Morgan fingerprint density at radius 2 is 2.25 bits per heavy atom. The lowest BCUT2D eigenvalue weighted by atomic mass is 9.83. The molecule has 0 unspecified atom stereocenters. The molecule has 0 aliphatic carbocycles. The highest BCUT2D eigenvalue weighted by Crippen LogP contribution is 2.40. The van der Waals surface area contributed by atoms with E-state index >= 15 is 0 Å². The van der Waals surface area contributed by atoms with E-state index in [1.807, 2.05) is 0 Å². The van der Waals surface area contributed by atoms with Gasteiger partial charge in [0.25, 0.3) is 11.6 Å². The van der Waals surface area contributed by atoms with Crippen molar-refractivity contribution in [2.75, 3.05) is 6.61 Å². The molecule has 0 saturated carbocycles. The van der Waals surface area contributed by atoms with E-state index < -0.39 is 22.8 Å². The molecule has 0 aromatic heterocycles. The first-order valence-corrected chi connectivity index (χ1v) is 7.04. The van der Waals surface area contributed by atoms with Crippen LogP contribution in [0.25, 0.3) is 0 Å². The Kier molecular flexibility index (Phi) is 4.84. The number of esters is 1. The number of carbonyl (C=O) groups excluding carboxylic acids is 1. The molecule has 1 aromatic carbocycles. The smallest absolute Gasteiger partial charge is 0.338 e. The van der Waals surface area contributed by atoms with Crippen molar-refractivity contribution in [3.05, 3.63) is 62.8 Å². The van der Waals surface area contributed by atoms with Gasteiger partial charge in [0.2, 0.25) is 0 Å². The number of carbonyl (C=O) groups is 1. The molecule has 0 fully saturated rings. The number of hydrogen-bond acceptors (Lipinski definition) is 7. The van der Waals surface area contributed by atoms with E-state index in [-0.39, 0.29) is 29.2 Å². The lowest BCUT2D eigenvalue weighted by Crippen LogP contribution is -2.23. The predicted molar refractivity (Wildman–Crippen MR) is 81.5 cm³/mol. The van der Waals surface area contributed by atoms with E-state index in [0.29, 0.717) is 5.56 Å². The van der Waals surface area contributed by atoms with Crippen molar-refractivity contribution in [3.63, 3.8) is 0 Å². The van der Waals surface area contributed by atoms with Crippen molar-refractivity contribution in [2.45, 2.75) is 19.8 Å². The molecule has 1 aliphatic heterocycles. The van der Waals surface area contributed by atoms with E-state index in [0.717, 1.165) is 0 Å². The van der Waals surface area contributed by atoms with E-state index in [1.165, 1.54) is 31.2 Å². The maximum absolute atomic E-state index is 12.3. The highest BCUT2D eigenvalue weighted by Gasteiger charge is 2.37. The summed E-state index contributed by atoms with van der Waals surface area (Å²) in [5.74, 6) is -2.30. The number of aliphatic hydroxyl groups excluding tert-OH is 1. The van der Waals surface area contributed by atoms with Crippen molar-refractivity contribution >= 4 is 11.7 Å². The Bertz CT molecular complexity index is 803. The van der Waals surface area contributed by atoms with Crippen LogP contribution in [-0.2, 0) is 14.3 Å². The van der Waals surface area contributed by atoms with Crippen LogP contribution < -0.4 is 0 Å². The number of aliphatic hydroxyl groups is 1. The van der Waals surface area contributed by atoms with Gasteiger partial charge < -0.3 is 14.6 Å². The van der Waals surface area contributed by atoms with Crippen LogP contribution in [0.1, 0.15) is 25.3 Å². The van der Waals surface area contributed by atoms with Crippen LogP contribution in [0.2, 0.25) is 0 Å². The van der Waals surface area contributed by atoms with Gasteiger partial charge in [-0.05, 0) is 19.4 Å². The van der Waals surface area contributed by atoms with Crippen LogP contribution in [0.4, 0.5) is 5.69 Å². The standard InChI is InChI=1S/C16H14N2O6/c1-3-23-16(20)13-9(2)24-15(19)12(8-17)14(13)10-5-4-6-11(7-10)18(21)22/h4-7,14,19H,3H2,1-2H3/t14-/m0/s1. The molecular weight excluding hydrogens is 316 g/mol. The number of allylic oxidation sites excluding steroid dienone is 2. The number of hydrogen-bond donors (Lipinski definition) is 1. The maximum Gasteiger partial charge on any atom is 0.338 e. The SMILES string of the molecule is CCOC(=O)C1=C(C)OC(O)=C(C#N)[C@@H]1c1cccc([N+](=O)[O-])c1. The minimum atomic E-state index is -1.01. The van der Waals surface area contributed by atoms with Crippen LogP contribution in [-0.4, -0.2) is 22.6 Å². The summed E-state index contributed by atoms with van der Waals surface area (Å²) in [5, 5.41) is 30.2. The Morgan fingerprint density at radius 3 is 2.83 bits per heavy atom. The van der Waals surface area contributed by atoms with Gasteiger partial charge in [0.05, 0.1) is 23.0 Å². The van der Waals surface area contributed by atoms with E-state index in [2.05, 4.69) is 0 Å². The van der Waals surface area contributed by atoms with Gasteiger partial charge in [-0.3, -0.25) is 10.1 Å². The number of rotatable bonds is 4. The number of nitriles is 1. The highest BCUT2D eigenvalue weighted by molar-refractivity contribution is 5.92. The van der Waals surface area contributed by atoms with Crippen LogP contribution >= 0.6 is 0 Å². The van der Waals surface area contributed by atoms with Gasteiger partial charge in [0.1, 0.15) is 17.4 Å². The third-order valence-corrected chi connectivity index (χ3v) is 3.47. The van der Waals surface area contributed by atoms with Crippen molar-refractivity contribution < 1.29 is 24.3 Å². The second kappa shape index (κ2) is 6.83. The quantitative estimate of drug-likeness (QED) is 0.511. The number of nitrogens with zero attached hydrogens (tertiary/aromatic N) is 2. The van der Waals surface area contributed by atoms with Crippen LogP contribution in [0, 0.1) is 21.4 Å². The summed E-state index contributed by atoms with van der Waals surface area (Å²) < 4.78 is 10.0. The van der Waals surface area contributed by atoms with Crippen molar-refractivity contribution in [3.8, 4) is 6.07 Å². The maximum atomic E-state index is 12.3. The second-order valence-electron chi connectivity index (χ2n) is 4.91. The molecule has 8 nitrogen and oxygen atoms in total. The van der Waals surface area contributed by atoms with Gasteiger partial charge in [-0.15, -0.1) is 0 Å². The second-order valence-corrected chi connectivity index (χ2v) is 4.91. The fraction of sp³-hybridized carbons (Fsp3) is 0.250. The van der Waals surface area contributed by atoms with Gasteiger partial charge in [-0.2, -0.15) is 5.26 Å². The third-order valence-electron chi connectivity index (χ3n) is 3.47. The van der Waals surface area contributed by atoms with Gasteiger partial charge in [-0.25, -0.2) is 4.79 Å². The lowest BCUT2D eigenvalue weighted by Gasteiger charge is -2.25. The molecule has 0 saturated heterocycles. The summed E-state index contributed by atoms with van der Waals surface area (Å²) in [7, 11) is 0. The molecule has 1 atom stereocenters. The number of ether oxygens (including phenoxy) is 2. The monoisotopic (exact) mass is 330 g/mol. The molecule has 24 heavy (non-hydrogen) atoms. The van der Waals surface area contributed by atoms with Crippen molar-refractivity contribution in [1.82, 2.24) is 0 Å². The van der Waals surface area contributed by atoms with Crippen molar-refractivity contribution in [1.29, 1.82) is 5.26 Å². The Morgan fingerprint density at radius 1 is 1.54 bits per heavy atom. The molecular formula is C16H14N2O6. The first kappa shape index (κ1) is 17.0. The molecule has 1 heterocycles. The summed E-state index contributed by atoms with van der Waals surface area (Å²) in [6.45, 7) is 3.17. The molecule has 8 heteroatoms. The average molecular weight is 330 g/mol. The molecule has 1 aromatic rings. The topological polar surface area (TPSA) is 123 Å². The number of benzene rings is 1. The van der Waals surface area contributed by atoms with Gasteiger partial charge in [0.15, 0.2) is 0 Å².